The van der Waals surface area contributed by atoms with Crippen molar-refractivity contribution in [1.82, 2.24) is 14.6 Å². The summed E-state index contributed by atoms with van der Waals surface area (Å²) >= 11 is 1.36. The third-order valence-corrected chi connectivity index (χ3v) is 5.35. The fourth-order valence-electron chi connectivity index (χ4n) is 2.81. The molecule has 3 N–H and O–H groups in total. The average molecular weight is 369 g/mol. The lowest BCUT2D eigenvalue weighted by atomic mass is 10.0. The van der Waals surface area contributed by atoms with E-state index in [-0.39, 0.29) is 11.2 Å². The fourth-order valence-corrected chi connectivity index (χ4v) is 3.64. The maximum absolute atomic E-state index is 12.8. The van der Waals surface area contributed by atoms with E-state index in [2.05, 4.69) is 41.5 Å². The zero-order chi connectivity index (χ0) is 18.7. The average Bonchev–Trinajstić information content (AvgIpc) is 3.03. The Morgan fingerprint density at radius 3 is 2.54 bits per heavy atom. The van der Waals surface area contributed by atoms with Crippen molar-refractivity contribution in [1.29, 1.82) is 0 Å². The van der Waals surface area contributed by atoms with E-state index in [1.807, 2.05) is 19.1 Å². The molecule has 2 aromatic heterocycles. The maximum Gasteiger partial charge on any atom is 0.237 e. The van der Waals surface area contributed by atoms with Crippen molar-refractivity contribution in [2.45, 2.75) is 44.0 Å². The number of carbonyl (C=O) groups is 1. The Balaban J connectivity index is 1.79. The summed E-state index contributed by atoms with van der Waals surface area (Å²) in [5.74, 6) is -0.0498. The summed E-state index contributed by atoms with van der Waals surface area (Å²) in [6.07, 6.45) is 3.52. The number of hydrogen-bond acceptors (Lipinski definition) is 5. The van der Waals surface area contributed by atoms with Gasteiger partial charge in [-0.3, -0.25) is 9.20 Å². The normalized spacial score (nSPS) is 12.3. The number of carbonyl (C=O) groups excluding carboxylic acids is 1. The Kier molecular flexibility index (Phi) is 5.46. The number of nitrogens with one attached hydrogen (secondary N) is 1. The molecule has 0 bridgehead atoms. The smallest absolute Gasteiger partial charge is 0.237 e. The molecule has 0 saturated heterocycles. The molecule has 0 saturated carbocycles. The molecule has 7 heteroatoms. The zero-order valence-corrected chi connectivity index (χ0v) is 16.0. The molecule has 0 aliphatic heterocycles. The number of pyridine rings is 1. The van der Waals surface area contributed by atoms with Crippen LogP contribution in [-0.4, -0.2) is 25.8 Å². The largest absolute Gasteiger partial charge is 0.398 e. The topological polar surface area (TPSA) is 85.3 Å². The third-order valence-electron chi connectivity index (χ3n) is 4.29. The highest BCUT2D eigenvalue weighted by Gasteiger charge is 2.20. The molecule has 3 rings (SSSR count). The predicted octanol–water partition coefficient (Wildman–Crippen LogP) is 3.56. The number of benzene rings is 1. The van der Waals surface area contributed by atoms with E-state index in [1.165, 1.54) is 11.8 Å². The summed E-state index contributed by atoms with van der Waals surface area (Å²) in [5.41, 5.74) is 10.4. The number of amides is 1. The van der Waals surface area contributed by atoms with Crippen molar-refractivity contribution in [2.75, 3.05) is 11.1 Å². The third kappa shape index (κ3) is 3.67. The number of thioether (sulfide) groups is 1. The summed E-state index contributed by atoms with van der Waals surface area (Å²) in [6.45, 7) is 6.05. The van der Waals surface area contributed by atoms with Crippen LogP contribution in [0, 0.1) is 0 Å². The van der Waals surface area contributed by atoms with E-state index < -0.39 is 0 Å². The Labute approximate surface area is 157 Å². The molecule has 6 nitrogen and oxygen atoms in total. The van der Waals surface area contributed by atoms with Crippen molar-refractivity contribution in [3.8, 4) is 0 Å². The number of nitrogens with two attached hydrogens (primary N) is 1. The van der Waals surface area contributed by atoms with Crippen molar-refractivity contribution in [2.24, 2.45) is 0 Å². The maximum atomic E-state index is 12.8. The predicted molar refractivity (Wildman–Crippen MR) is 107 cm³/mol. The van der Waals surface area contributed by atoms with Crippen molar-refractivity contribution < 1.29 is 4.79 Å². The molecule has 1 aromatic carbocycles. The van der Waals surface area contributed by atoms with Crippen LogP contribution in [-0.2, 0) is 17.6 Å². The monoisotopic (exact) mass is 369 g/mol. The number of rotatable bonds is 6. The summed E-state index contributed by atoms with van der Waals surface area (Å²) < 4.78 is 1.81. The van der Waals surface area contributed by atoms with Crippen molar-refractivity contribution >= 4 is 34.7 Å². The molecule has 1 amide bonds. The molecule has 1 unspecified atom stereocenters. The molecule has 0 spiro atoms. The van der Waals surface area contributed by atoms with Gasteiger partial charge in [-0.15, -0.1) is 10.2 Å². The number of aryl methyl sites for hydroxylation is 2. The van der Waals surface area contributed by atoms with Crippen LogP contribution in [0.15, 0.2) is 41.7 Å². The minimum Gasteiger partial charge on any atom is -0.398 e. The first-order valence-electron chi connectivity index (χ1n) is 8.72. The van der Waals surface area contributed by atoms with Crippen LogP contribution in [0.5, 0.6) is 0 Å². The van der Waals surface area contributed by atoms with Gasteiger partial charge in [-0.1, -0.05) is 43.8 Å². The first kappa shape index (κ1) is 18.3. The van der Waals surface area contributed by atoms with Crippen LogP contribution in [0.3, 0.4) is 0 Å². The lowest BCUT2D eigenvalue weighted by Crippen LogP contribution is -2.24. The van der Waals surface area contributed by atoms with E-state index in [9.17, 15) is 4.79 Å². The van der Waals surface area contributed by atoms with Gasteiger partial charge < -0.3 is 11.1 Å². The van der Waals surface area contributed by atoms with Crippen LogP contribution in [0.2, 0.25) is 0 Å². The Morgan fingerprint density at radius 2 is 1.88 bits per heavy atom. The Hall–Kier alpha value is -2.54. The molecular weight excluding hydrogens is 346 g/mol. The standard InChI is InChI=1S/C19H23N5OS/c1-4-13-7-6-8-14(5-2)17(13)21-18(25)12(3)26-19-23-22-16-10-9-15(20)11-24(16)19/h6-12H,4-5,20H2,1-3H3,(H,21,25). The fraction of sp³-hybridized carbons (Fsp3) is 0.316. The summed E-state index contributed by atoms with van der Waals surface area (Å²) in [4.78, 5) is 12.8. The number of fused-ring (bicyclic) bond motifs is 1. The lowest BCUT2D eigenvalue weighted by molar-refractivity contribution is -0.115. The second-order valence-corrected chi connectivity index (χ2v) is 7.39. The molecule has 0 aliphatic rings. The number of anilines is 2. The second-order valence-electron chi connectivity index (χ2n) is 6.08. The number of hydrogen-bond donors (Lipinski definition) is 2. The Morgan fingerprint density at radius 1 is 1.19 bits per heavy atom. The van der Waals surface area contributed by atoms with Gasteiger partial charge in [0, 0.05) is 17.6 Å². The van der Waals surface area contributed by atoms with Gasteiger partial charge in [-0.05, 0) is 43.0 Å². The van der Waals surface area contributed by atoms with Crippen LogP contribution in [0.4, 0.5) is 11.4 Å². The molecule has 2 heterocycles. The number of nitrogen functional groups attached to an aromatic ring is 1. The number of para-hydroxylation sites is 1. The van der Waals surface area contributed by atoms with E-state index in [1.54, 1.807) is 16.7 Å². The van der Waals surface area contributed by atoms with Crippen LogP contribution in [0.1, 0.15) is 31.9 Å². The van der Waals surface area contributed by atoms with E-state index in [0.29, 0.717) is 16.5 Å². The highest BCUT2D eigenvalue weighted by atomic mass is 32.2. The molecular formula is C19H23N5OS. The van der Waals surface area contributed by atoms with Crippen molar-refractivity contribution in [3.63, 3.8) is 0 Å². The van der Waals surface area contributed by atoms with Gasteiger partial charge in [0.2, 0.25) is 5.91 Å². The van der Waals surface area contributed by atoms with E-state index >= 15 is 0 Å². The van der Waals surface area contributed by atoms with Gasteiger partial charge in [-0.25, -0.2) is 0 Å². The van der Waals surface area contributed by atoms with Gasteiger partial charge in [0.05, 0.1) is 5.25 Å². The minimum atomic E-state index is -0.321. The zero-order valence-electron chi connectivity index (χ0n) is 15.2. The van der Waals surface area contributed by atoms with Gasteiger partial charge >= 0.3 is 0 Å². The second kappa shape index (κ2) is 7.78. The van der Waals surface area contributed by atoms with Gasteiger partial charge in [-0.2, -0.15) is 0 Å². The first-order valence-corrected chi connectivity index (χ1v) is 9.60. The van der Waals surface area contributed by atoms with Crippen LogP contribution < -0.4 is 11.1 Å². The molecule has 3 aromatic rings. The van der Waals surface area contributed by atoms with E-state index in [0.717, 1.165) is 29.7 Å². The number of aromatic nitrogens is 3. The molecule has 0 aliphatic carbocycles. The van der Waals surface area contributed by atoms with Crippen LogP contribution in [0.25, 0.3) is 5.65 Å². The highest BCUT2D eigenvalue weighted by molar-refractivity contribution is 8.00. The first-order chi connectivity index (χ1) is 12.5. The van der Waals surface area contributed by atoms with E-state index in [4.69, 9.17) is 5.73 Å². The Bertz CT molecular complexity index is 915. The quantitative estimate of drug-likeness (QED) is 0.649. The van der Waals surface area contributed by atoms with Crippen LogP contribution >= 0.6 is 11.8 Å². The van der Waals surface area contributed by atoms with Gasteiger partial charge in [0.1, 0.15) is 0 Å². The van der Waals surface area contributed by atoms with Gasteiger partial charge in [0.15, 0.2) is 10.8 Å². The summed E-state index contributed by atoms with van der Waals surface area (Å²) in [7, 11) is 0. The minimum absolute atomic E-state index is 0.0498. The molecule has 136 valence electrons. The molecule has 0 radical (unpaired) electrons. The number of nitrogens with zero attached hydrogens (tertiary/aromatic N) is 3. The van der Waals surface area contributed by atoms with Gasteiger partial charge in [0.25, 0.3) is 0 Å². The SMILES string of the molecule is CCc1cccc(CC)c1NC(=O)C(C)Sc1nnc2ccc(N)cn12. The molecule has 1 atom stereocenters. The summed E-state index contributed by atoms with van der Waals surface area (Å²) in [6, 6.07) is 9.74. The molecule has 0 fully saturated rings. The van der Waals surface area contributed by atoms with Crippen molar-refractivity contribution in [3.05, 3.63) is 47.7 Å². The highest BCUT2D eigenvalue weighted by Crippen LogP contribution is 2.27. The summed E-state index contributed by atoms with van der Waals surface area (Å²) in [5, 5.41) is 11.7. The molecule has 26 heavy (non-hydrogen) atoms. The lowest BCUT2D eigenvalue weighted by Gasteiger charge is -2.17.